The zero-order valence-electron chi connectivity index (χ0n) is 22.8. The van der Waals surface area contributed by atoms with Crippen LogP contribution in [0.15, 0.2) is 48.5 Å². The molecule has 39 heavy (non-hydrogen) atoms. The Labute approximate surface area is 232 Å². The van der Waals surface area contributed by atoms with Gasteiger partial charge in [0.05, 0.1) is 11.1 Å². The molecule has 3 aromatic rings. The highest BCUT2D eigenvalue weighted by Crippen LogP contribution is 2.32. The Kier molecular flexibility index (Phi) is 8.51. The smallest absolute Gasteiger partial charge is 0.416 e. The SMILES string of the molecule is Cc1ccc(C(=O)c2nn(-c3ccc(Cl)cc3)c(N(CCC(C)(C)C(=O)O)C(=O)OC(C)(C)C)c2C#N)cc1. The number of ether oxygens (including phenoxy) is 1. The van der Waals surface area contributed by atoms with Crippen LogP contribution in [0.3, 0.4) is 0 Å². The predicted octanol–water partition coefficient (Wildman–Crippen LogP) is 6.18. The molecule has 3 rings (SSSR count). The largest absolute Gasteiger partial charge is 0.481 e. The Bertz CT molecular complexity index is 1430. The van der Waals surface area contributed by atoms with Gasteiger partial charge in [0.15, 0.2) is 11.5 Å². The number of ketones is 1. The molecule has 10 heteroatoms. The van der Waals surface area contributed by atoms with E-state index in [4.69, 9.17) is 16.3 Å². The monoisotopic (exact) mass is 550 g/mol. The molecule has 0 saturated carbocycles. The number of nitriles is 1. The molecule has 0 aliphatic carbocycles. The highest BCUT2D eigenvalue weighted by atomic mass is 35.5. The van der Waals surface area contributed by atoms with Crippen LogP contribution in [0.1, 0.15) is 68.2 Å². The number of benzene rings is 2. The molecule has 0 atom stereocenters. The first-order valence-corrected chi connectivity index (χ1v) is 12.7. The van der Waals surface area contributed by atoms with E-state index in [0.29, 0.717) is 16.3 Å². The van der Waals surface area contributed by atoms with Crippen LogP contribution in [0.4, 0.5) is 10.6 Å². The van der Waals surface area contributed by atoms with Gasteiger partial charge >= 0.3 is 12.1 Å². The average molecular weight is 551 g/mol. The molecule has 0 unspecified atom stereocenters. The van der Waals surface area contributed by atoms with E-state index in [1.165, 1.54) is 23.4 Å². The molecule has 0 saturated heterocycles. The summed E-state index contributed by atoms with van der Waals surface area (Å²) in [6.07, 6.45) is -0.788. The van der Waals surface area contributed by atoms with Gasteiger partial charge in [-0.2, -0.15) is 10.4 Å². The van der Waals surface area contributed by atoms with Gasteiger partial charge in [0.2, 0.25) is 5.78 Å². The molecule has 2 aromatic carbocycles. The molecule has 0 aliphatic heterocycles. The van der Waals surface area contributed by atoms with Crippen molar-refractivity contribution in [3.8, 4) is 11.8 Å². The van der Waals surface area contributed by atoms with Crippen LogP contribution in [-0.2, 0) is 9.53 Å². The quantitative estimate of drug-likeness (QED) is 0.332. The summed E-state index contributed by atoms with van der Waals surface area (Å²) in [5.74, 6) is -1.56. The number of carbonyl (C=O) groups excluding carboxylic acids is 2. The maximum Gasteiger partial charge on any atom is 0.416 e. The number of halogens is 1. The fourth-order valence-corrected chi connectivity index (χ4v) is 3.75. The van der Waals surface area contributed by atoms with Gasteiger partial charge in [-0.3, -0.25) is 14.5 Å². The summed E-state index contributed by atoms with van der Waals surface area (Å²) in [5.41, 5.74) is -0.682. The van der Waals surface area contributed by atoms with Crippen LogP contribution >= 0.6 is 11.6 Å². The molecule has 1 amide bonds. The summed E-state index contributed by atoms with van der Waals surface area (Å²) in [6, 6.07) is 15.4. The van der Waals surface area contributed by atoms with Crippen LogP contribution in [0.2, 0.25) is 5.02 Å². The third-order valence-corrected chi connectivity index (χ3v) is 6.23. The van der Waals surface area contributed by atoms with Crippen LogP contribution < -0.4 is 4.90 Å². The Morgan fingerprint density at radius 2 is 1.64 bits per heavy atom. The van der Waals surface area contributed by atoms with E-state index >= 15 is 0 Å². The molecule has 1 heterocycles. The Morgan fingerprint density at radius 1 is 1.05 bits per heavy atom. The van der Waals surface area contributed by atoms with Crippen LogP contribution in [0.25, 0.3) is 5.69 Å². The number of carbonyl (C=O) groups is 3. The van der Waals surface area contributed by atoms with Crippen LogP contribution in [-0.4, -0.2) is 44.9 Å². The Morgan fingerprint density at radius 3 is 2.15 bits per heavy atom. The van der Waals surface area contributed by atoms with E-state index in [2.05, 4.69) is 5.10 Å². The summed E-state index contributed by atoms with van der Waals surface area (Å²) in [7, 11) is 0. The summed E-state index contributed by atoms with van der Waals surface area (Å²) in [5, 5.41) is 24.9. The number of carboxylic acids is 1. The zero-order valence-corrected chi connectivity index (χ0v) is 23.5. The number of anilines is 1. The molecule has 0 aliphatic rings. The van der Waals surface area contributed by atoms with Gasteiger partial charge < -0.3 is 9.84 Å². The van der Waals surface area contributed by atoms with Crippen molar-refractivity contribution in [2.45, 2.75) is 53.6 Å². The molecule has 0 radical (unpaired) electrons. The summed E-state index contributed by atoms with van der Waals surface area (Å²) < 4.78 is 6.95. The molecule has 1 N–H and O–H groups in total. The molecular weight excluding hydrogens is 520 g/mol. The number of nitrogens with zero attached hydrogens (tertiary/aromatic N) is 4. The predicted molar refractivity (Wildman–Crippen MR) is 148 cm³/mol. The zero-order chi connectivity index (χ0) is 29.1. The van der Waals surface area contributed by atoms with Gasteiger partial charge in [0.1, 0.15) is 17.2 Å². The van der Waals surface area contributed by atoms with Crippen molar-refractivity contribution in [3.05, 3.63) is 75.9 Å². The van der Waals surface area contributed by atoms with Gasteiger partial charge in [-0.05, 0) is 72.2 Å². The first-order chi connectivity index (χ1) is 18.1. The molecule has 0 fully saturated rings. The van der Waals surface area contributed by atoms with Crippen molar-refractivity contribution >= 4 is 35.3 Å². The second-order valence-corrected chi connectivity index (χ2v) is 11.2. The number of hydrogen-bond acceptors (Lipinski definition) is 6. The summed E-state index contributed by atoms with van der Waals surface area (Å²) in [4.78, 5) is 40.1. The number of aliphatic carboxylic acids is 1. The average Bonchev–Trinajstić information content (AvgIpc) is 3.22. The van der Waals surface area contributed by atoms with Crippen molar-refractivity contribution in [2.24, 2.45) is 5.41 Å². The van der Waals surface area contributed by atoms with E-state index < -0.39 is 28.9 Å². The van der Waals surface area contributed by atoms with E-state index in [9.17, 15) is 24.8 Å². The minimum atomic E-state index is -1.20. The van der Waals surface area contributed by atoms with Crippen molar-refractivity contribution < 1.29 is 24.2 Å². The Balaban J connectivity index is 2.28. The minimum absolute atomic E-state index is 0.00859. The summed E-state index contributed by atoms with van der Waals surface area (Å²) >= 11 is 6.08. The lowest BCUT2D eigenvalue weighted by Crippen LogP contribution is -2.41. The number of rotatable bonds is 8. The van der Waals surface area contributed by atoms with E-state index in [0.717, 1.165) is 5.56 Å². The third kappa shape index (κ3) is 6.84. The number of carboxylic acid groups (broad SMARTS) is 1. The first-order valence-electron chi connectivity index (χ1n) is 12.3. The van der Waals surface area contributed by atoms with Gasteiger partial charge in [-0.1, -0.05) is 41.4 Å². The molecule has 9 nitrogen and oxygen atoms in total. The molecule has 204 valence electrons. The van der Waals surface area contributed by atoms with Crippen molar-refractivity contribution in [3.63, 3.8) is 0 Å². The van der Waals surface area contributed by atoms with Gasteiger partial charge in [-0.25, -0.2) is 9.48 Å². The number of hydrogen-bond donors (Lipinski definition) is 1. The minimum Gasteiger partial charge on any atom is -0.481 e. The topological polar surface area (TPSA) is 126 Å². The fraction of sp³-hybridized carbons (Fsp3) is 0.345. The van der Waals surface area contributed by atoms with Crippen LogP contribution in [0.5, 0.6) is 0 Å². The van der Waals surface area contributed by atoms with Gasteiger partial charge in [0.25, 0.3) is 0 Å². The third-order valence-electron chi connectivity index (χ3n) is 5.98. The molecule has 0 bridgehead atoms. The number of amides is 1. The van der Waals surface area contributed by atoms with Gasteiger partial charge in [0, 0.05) is 17.1 Å². The maximum absolute atomic E-state index is 13.6. The highest BCUT2D eigenvalue weighted by Gasteiger charge is 2.36. The second-order valence-electron chi connectivity index (χ2n) is 10.8. The lowest BCUT2D eigenvalue weighted by molar-refractivity contribution is -0.147. The normalized spacial score (nSPS) is 11.5. The lowest BCUT2D eigenvalue weighted by atomic mass is 9.89. The van der Waals surface area contributed by atoms with E-state index in [1.807, 2.05) is 13.0 Å². The first kappa shape index (κ1) is 29.4. The van der Waals surface area contributed by atoms with Gasteiger partial charge in [-0.15, -0.1) is 0 Å². The highest BCUT2D eigenvalue weighted by molar-refractivity contribution is 6.30. The molecular formula is C29H31ClN4O5. The van der Waals surface area contributed by atoms with Crippen molar-refractivity contribution in [2.75, 3.05) is 11.4 Å². The maximum atomic E-state index is 13.6. The fourth-order valence-electron chi connectivity index (χ4n) is 3.62. The molecule has 0 spiro atoms. The standard InChI is InChI=1S/C29H31ClN4O5/c1-18-7-9-19(10-8-18)24(35)23-22(17-31)25(34(32-23)21-13-11-20(30)12-14-21)33(27(38)39-28(2,3)4)16-15-29(5,6)26(36)37/h7-14H,15-16H2,1-6H3,(H,36,37). The number of aryl methyl sites for hydroxylation is 1. The van der Waals surface area contributed by atoms with E-state index in [1.54, 1.807) is 69.3 Å². The van der Waals surface area contributed by atoms with Crippen molar-refractivity contribution in [1.29, 1.82) is 5.26 Å². The second kappa shape index (κ2) is 11.3. The lowest BCUT2D eigenvalue weighted by Gasteiger charge is -2.30. The summed E-state index contributed by atoms with van der Waals surface area (Å²) in [6.45, 7) is 9.92. The number of aromatic nitrogens is 2. The Hall–Kier alpha value is -4.16. The molecule has 1 aromatic heterocycles. The van der Waals surface area contributed by atoms with Crippen LogP contribution in [0, 0.1) is 23.7 Å². The van der Waals surface area contributed by atoms with E-state index in [-0.39, 0.29) is 30.0 Å². The van der Waals surface area contributed by atoms with Crippen molar-refractivity contribution in [1.82, 2.24) is 9.78 Å².